The van der Waals surface area contributed by atoms with E-state index in [1.54, 1.807) is 0 Å². The highest BCUT2D eigenvalue weighted by molar-refractivity contribution is 5.78. The first-order chi connectivity index (χ1) is 11.1. The molecule has 1 aliphatic rings. The molecule has 2 N–H and O–H groups in total. The summed E-state index contributed by atoms with van der Waals surface area (Å²) in [6, 6.07) is 7.97. The highest BCUT2D eigenvalue weighted by Crippen LogP contribution is 2.13. The molecule has 1 aromatic rings. The molecule has 1 aromatic carbocycles. The lowest BCUT2D eigenvalue weighted by Gasteiger charge is -2.21. The molecule has 1 aliphatic heterocycles. The van der Waals surface area contributed by atoms with Crippen molar-refractivity contribution in [1.82, 2.24) is 15.5 Å². The van der Waals surface area contributed by atoms with Gasteiger partial charge in [-0.15, -0.1) is 0 Å². The van der Waals surface area contributed by atoms with Crippen molar-refractivity contribution < 1.29 is 9.53 Å². The van der Waals surface area contributed by atoms with Crippen LogP contribution in [0.2, 0.25) is 0 Å². The van der Waals surface area contributed by atoms with Crippen LogP contribution in [0.3, 0.4) is 0 Å². The molecule has 1 unspecified atom stereocenters. The predicted molar refractivity (Wildman–Crippen MR) is 92.5 cm³/mol. The Bertz CT molecular complexity index is 468. The van der Waals surface area contributed by atoms with E-state index in [1.807, 2.05) is 24.3 Å². The lowest BCUT2D eigenvalue weighted by molar-refractivity contribution is -0.125. The van der Waals surface area contributed by atoms with Crippen molar-refractivity contribution in [3.8, 4) is 5.75 Å². The Hall–Kier alpha value is -1.59. The first-order valence-corrected chi connectivity index (χ1v) is 8.50. The van der Waals surface area contributed by atoms with Gasteiger partial charge in [-0.25, -0.2) is 0 Å². The molecule has 23 heavy (non-hydrogen) atoms. The normalized spacial score (nSPS) is 18.0. The summed E-state index contributed by atoms with van der Waals surface area (Å²) in [7, 11) is 4.12. The molecule has 5 heteroatoms. The molecule has 1 saturated heterocycles. The number of carbonyl (C=O) groups excluding carboxylic acids is 1. The third-order valence-electron chi connectivity index (χ3n) is 4.08. The molecule has 0 bridgehead atoms. The van der Waals surface area contributed by atoms with Crippen LogP contribution < -0.4 is 15.4 Å². The molecule has 1 amide bonds. The summed E-state index contributed by atoms with van der Waals surface area (Å²) in [6.45, 7) is 4.16. The number of piperidine rings is 1. The van der Waals surface area contributed by atoms with Crippen LogP contribution in [0.25, 0.3) is 0 Å². The molecular formula is C18H29N3O2. The second-order valence-corrected chi connectivity index (χ2v) is 6.41. The van der Waals surface area contributed by atoms with E-state index in [0.29, 0.717) is 6.54 Å². The van der Waals surface area contributed by atoms with Gasteiger partial charge >= 0.3 is 0 Å². The van der Waals surface area contributed by atoms with Crippen LogP contribution in [0.5, 0.6) is 5.75 Å². The van der Waals surface area contributed by atoms with Crippen LogP contribution in [-0.4, -0.2) is 51.1 Å². The van der Waals surface area contributed by atoms with Crippen molar-refractivity contribution in [2.45, 2.75) is 25.8 Å². The van der Waals surface area contributed by atoms with Crippen molar-refractivity contribution in [3.05, 3.63) is 29.8 Å². The topological polar surface area (TPSA) is 53.6 Å². The quantitative estimate of drug-likeness (QED) is 0.715. The highest BCUT2D eigenvalue weighted by Gasteiger charge is 2.20. The van der Waals surface area contributed by atoms with Gasteiger partial charge in [-0.1, -0.05) is 12.1 Å². The number of amides is 1. The molecular weight excluding hydrogens is 290 g/mol. The summed E-state index contributed by atoms with van der Waals surface area (Å²) in [5.74, 6) is 1.15. The standard InChI is InChI=1S/C18H29N3O2/c1-21(2)11-4-12-23-17-8-6-15(7-9-17)13-20-18(22)16-5-3-10-19-14-16/h6-9,16,19H,3-5,10-14H2,1-2H3,(H,20,22). The molecule has 0 spiro atoms. The zero-order valence-electron chi connectivity index (χ0n) is 14.3. The van der Waals surface area contributed by atoms with Gasteiger partial charge in [0.2, 0.25) is 5.91 Å². The minimum Gasteiger partial charge on any atom is -0.494 e. The maximum absolute atomic E-state index is 12.1. The van der Waals surface area contributed by atoms with E-state index >= 15 is 0 Å². The van der Waals surface area contributed by atoms with E-state index in [2.05, 4.69) is 29.6 Å². The van der Waals surface area contributed by atoms with E-state index < -0.39 is 0 Å². The molecule has 1 fully saturated rings. The van der Waals surface area contributed by atoms with Gasteiger partial charge in [0.1, 0.15) is 5.75 Å². The summed E-state index contributed by atoms with van der Waals surface area (Å²) in [5, 5.41) is 6.30. The largest absolute Gasteiger partial charge is 0.494 e. The van der Waals surface area contributed by atoms with Crippen LogP contribution in [0, 0.1) is 5.92 Å². The van der Waals surface area contributed by atoms with Crippen molar-refractivity contribution >= 4 is 5.91 Å². The van der Waals surface area contributed by atoms with Crippen LogP contribution in [0.1, 0.15) is 24.8 Å². The fourth-order valence-corrected chi connectivity index (χ4v) is 2.68. The summed E-state index contributed by atoms with van der Waals surface area (Å²) in [5.41, 5.74) is 1.10. The Kier molecular flexibility index (Phi) is 7.36. The SMILES string of the molecule is CN(C)CCCOc1ccc(CNC(=O)C2CCCNC2)cc1. The Morgan fingerprint density at radius 1 is 1.35 bits per heavy atom. The molecule has 1 atom stereocenters. The number of hydrogen-bond acceptors (Lipinski definition) is 4. The number of ether oxygens (including phenoxy) is 1. The Labute approximate surface area is 139 Å². The van der Waals surface area contributed by atoms with Gasteiger partial charge in [-0.3, -0.25) is 4.79 Å². The fraction of sp³-hybridized carbons (Fsp3) is 0.611. The molecule has 5 nitrogen and oxygen atoms in total. The fourth-order valence-electron chi connectivity index (χ4n) is 2.68. The maximum atomic E-state index is 12.1. The van der Waals surface area contributed by atoms with Gasteiger partial charge in [0.15, 0.2) is 0 Å². The van der Waals surface area contributed by atoms with E-state index in [9.17, 15) is 4.79 Å². The van der Waals surface area contributed by atoms with Gasteiger partial charge in [0, 0.05) is 19.6 Å². The number of nitrogens with zero attached hydrogens (tertiary/aromatic N) is 1. The van der Waals surface area contributed by atoms with Crippen LogP contribution in [0.4, 0.5) is 0 Å². The zero-order valence-corrected chi connectivity index (χ0v) is 14.3. The average Bonchev–Trinajstić information content (AvgIpc) is 2.58. The zero-order chi connectivity index (χ0) is 16.5. The third-order valence-corrected chi connectivity index (χ3v) is 4.08. The minimum absolute atomic E-state index is 0.114. The number of hydrogen-bond donors (Lipinski definition) is 2. The van der Waals surface area contributed by atoms with Crippen LogP contribution >= 0.6 is 0 Å². The smallest absolute Gasteiger partial charge is 0.224 e. The molecule has 128 valence electrons. The summed E-state index contributed by atoms with van der Waals surface area (Å²) >= 11 is 0. The summed E-state index contributed by atoms with van der Waals surface area (Å²) in [6.07, 6.45) is 3.08. The number of nitrogens with one attached hydrogen (secondary N) is 2. The number of benzene rings is 1. The molecule has 2 rings (SSSR count). The summed E-state index contributed by atoms with van der Waals surface area (Å²) in [4.78, 5) is 14.2. The van der Waals surface area contributed by atoms with Gasteiger partial charge in [-0.2, -0.15) is 0 Å². The third kappa shape index (κ3) is 6.59. The lowest BCUT2D eigenvalue weighted by Crippen LogP contribution is -2.40. The molecule has 0 aromatic heterocycles. The van der Waals surface area contributed by atoms with Crippen molar-refractivity contribution in [1.29, 1.82) is 0 Å². The van der Waals surface area contributed by atoms with Crippen molar-refractivity contribution in [2.75, 3.05) is 40.3 Å². The van der Waals surface area contributed by atoms with Gasteiger partial charge in [0.05, 0.1) is 12.5 Å². The van der Waals surface area contributed by atoms with Crippen molar-refractivity contribution in [3.63, 3.8) is 0 Å². The van der Waals surface area contributed by atoms with Gasteiger partial charge in [-0.05, 0) is 57.6 Å². The van der Waals surface area contributed by atoms with E-state index in [0.717, 1.165) is 56.8 Å². The summed E-state index contributed by atoms with van der Waals surface area (Å²) < 4.78 is 5.71. The highest BCUT2D eigenvalue weighted by atomic mass is 16.5. The van der Waals surface area contributed by atoms with E-state index in [4.69, 9.17) is 4.74 Å². The Balaban J connectivity index is 1.68. The second kappa shape index (κ2) is 9.53. The molecule has 0 aliphatic carbocycles. The van der Waals surface area contributed by atoms with E-state index in [-0.39, 0.29) is 11.8 Å². The van der Waals surface area contributed by atoms with Crippen LogP contribution in [-0.2, 0) is 11.3 Å². The first kappa shape index (κ1) is 17.8. The van der Waals surface area contributed by atoms with Gasteiger partial charge in [0.25, 0.3) is 0 Å². The van der Waals surface area contributed by atoms with Crippen molar-refractivity contribution in [2.24, 2.45) is 5.92 Å². The molecule has 0 radical (unpaired) electrons. The predicted octanol–water partition coefficient (Wildman–Crippen LogP) is 1.63. The molecule has 0 saturated carbocycles. The Morgan fingerprint density at radius 2 is 2.13 bits per heavy atom. The maximum Gasteiger partial charge on any atom is 0.224 e. The second-order valence-electron chi connectivity index (χ2n) is 6.41. The average molecular weight is 319 g/mol. The minimum atomic E-state index is 0.114. The van der Waals surface area contributed by atoms with Gasteiger partial charge < -0.3 is 20.3 Å². The lowest BCUT2D eigenvalue weighted by atomic mass is 9.99. The number of carbonyl (C=O) groups is 1. The first-order valence-electron chi connectivity index (χ1n) is 8.50. The monoisotopic (exact) mass is 319 g/mol. The van der Waals surface area contributed by atoms with Crippen LogP contribution in [0.15, 0.2) is 24.3 Å². The molecule has 1 heterocycles. The number of rotatable bonds is 8. The van der Waals surface area contributed by atoms with E-state index in [1.165, 1.54) is 0 Å². The Morgan fingerprint density at radius 3 is 2.78 bits per heavy atom.